The Kier molecular flexibility index (Phi) is 5.46. The van der Waals surface area contributed by atoms with Crippen LogP contribution in [-0.4, -0.2) is 42.8 Å². The molecule has 0 N–H and O–H groups in total. The lowest BCUT2D eigenvalue weighted by Crippen LogP contribution is -2.41. The van der Waals surface area contributed by atoms with Crippen molar-refractivity contribution in [3.8, 4) is 0 Å². The van der Waals surface area contributed by atoms with Crippen LogP contribution in [0.1, 0.15) is 36.0 Å². The molecule has 2 rings (SSSR count). The molecule has 1 amide bonds. The van der Waals surface area contributed by atoms with Gasteiger partial charge in [0.2, 0.25) is 0 Å². The van der Waals surface area contributed by atoms with E-state index >= 15 is 0 Å². The van der Waals surface area contributed by atoms with Gasteiger partial charge in [-0.25, -0.2) is 0 Å². The molecular formula is C16H23BrN2O. The van der Waals surface area contributed by atoms with Crippen molar-refractivity contribution >= 4 is 27.5 Å². The zero-order chi connectivity index (χ0) is 14.5. The molecule has 0 saturated carbocycles. The van der Waals surface area contributed by atoms with Crippen LogP contribution in [0.5, 0.6) is 0 Å². The molecular weight excluding hydrogens is 316 g/mol. The quantitative estimate of drug-likeness (QED) is 0.787. The first-order chi connectivity index (χ1) is 9.63. The molecule has 1 aromatic carbocycles. The Morgan fingerprint density at radius 2 is 2.15 bits per heavy atom. The van der Waals surface area contributed by atoms with Crippen LogP contribution in [0.25, 0.3) is 0 Å². The summed E-state index contributed by atoms with van der Waals surface area (Å²) in [6, 6.07) is 8.22. The van der Waals surface area contributed by atoms with E-state index in [2.05, 4.69) is 20.8 Å². The van der Waals surface area contributed by atoms with Crippen molar-refractivity contribution in [3.05, 3.63) is 29.8 Å². The normalized spacial score (nSPS) is 19.6. The van der Waals surface area contributed by atoms with Crippen molar-refractivity contribution in [3.63, 3.8) is 0 Å². The number of alkyl halides is 1. The number of rotatable bonds is 3. The minimum Gasteiger partial charge on any atom is -0.378 e. The summed E-state index contributed by atoms with van der Waals surface area (Å²) in [5.41, 5.74) is 1.87. The van der Waals surface area contributed by atoms with Crippen LogP contribution in [0.2, 0.25) is 0 Å². The van der Waals surface area contributed by atoms with Crippen LogP contribution < -0.4 is 4.90 Å². The van der Waals surface area contributed by atoms with Crippen molar-refractivity contribution in [2.24, 2.45) is 0 Å². The van der Waals surface area contributed by atoms with E-state index < -0.39 is 0 Å². The lowest BCUT2D eigenvalue weighted by Gasteiger charge is -2.29. The van der Waals surface area contributed by atoms with Crippen LogP contribution in [-0.2, 0) is 0 Å². The van der Waals surface area contributed by atoms with E-state index in [0.29, 0.717) is 6.04 Å². The Morgan fingerprint density at radius 1 is 1.35 bits per heavy atom. The van der Waals surface area contributed by atoms with E-state index in [4.69, 9.17) is 0 Å². The second-order valence-electron chi connectivity index (χ2n) is 5.60. The van der Waals surface area contributed by atoms with Gasteiger partial charge >= 0.3 is 0 Å². The average Bonchev–Trinajstić information content (AvgIpc) is 2.71. The van der Waals surface area contributed by atoms with Gasteiger partial charge in [0.15, 0.2) is 0 Å². The molecule has 20 heavy (non-hydrogen) atoms. The third kappa shape index (κ3) is 3.54. The number of halogens is 1. The number of anilines is 1. The van der Waals surface area contributed by atoms with Gasteiger partial charge in [-0.2, -0.15) is 0 Å². The van der Waals surface area contributed by atoms with Gasteiger partial charge in [0.1, 0.15) is 0 Å². The SMILES string of the molecule is CN(C)c1cccc(C(=O)N2CCCCCC2CBr)c1. The minimum atomic E-state index is 0.167. The van der Waals surface area contributed by atoms with E-state index in [-0.39, 0.29) is 5.91 Å². The third-order valence-corrected chi connectivity index (χ3v) is 4.67. The predicted molar refractivity (Wildman–Crippen MR) is 87.9 cm³/mol. The summed E-state index contributed by atoms with van der Waals surface area (Å²) in [6.07, 6.45) is 4.66. The number of amides is 1. The van der Waals surface area contributed by atoms with Gasteiger partial charge in [-0.05, 0) is 31.0 Å². The minimum absolute atomic E-state index is 0.167. The Balaban J connectivity index is 2.22. The molecule has 0 aliphatic carbocycles. The zero-order valence-corrected chi connectivity index (χ0v) is 13.9. The second-order valence-corrected chi connectivity index (χ2v) is 6.25. The Morgan fingerprint density at radius 3 is 2.85 bits per heavy atom. The standard InChI is InChI=1S/C16H23BrN2O/c1-18(2)14-9-6-7-13(11-14)16(20)19-10-5-3-4-8-15(19)12-17/h6-7,9,11,15H,3-5,8,10,12H2,1-2H3. The molecule has 3 nitrogen and oxygen atoms in total. The van der Waals surface area contributed by atoms with E-state index in [1.807, 2.05) is 43.3 Å². The molecule has 1 fully saturated rings. The number of hydrogen-bond acceptors (Lipinski definition) is 2. The fraction of sp³-hybridized carbons (Fsp3) is 0.562. The predicted octanol–water partition coefficient (Wildman–Crippen LogP) is 3.53. The fourth-order valence-corrected chi connectivity index (χ4v) is 3.36. The molecule has 1 unspecified atom stereocenters. The number of nitrogens with zero attached hydrogens (tertiary/aromatic N) is 2. The summed E-state index contributed by atoms with van der Waals surface area (Å²) in [6.45, 7) is 0.876. The Labute approximate surface area is 130 Å². The first-order valence-electron chi connectivity index (χ1n) is 7.28. The number of benzene rings is 1. The lowest BCUT2D eigenvalue weighted by molar-refractivity contribution is 0.0702. The highest BCUT2D eigenvalue weighted by Crippen LogP contribution is 2.22. The van der Waals surface area contributed by atoms with Crippen molar-refractivity contribution in [1.82, 2.24) is 4.90 Å². The molecule has 1 saturated heterocycles. The van der Waals surface area contributed by atoms with E-state index in [0.717, 1.165) is 36.0 Å². The molecule has 1 aliphatic rings. The first-order valence-corrected chi connectivity index (χ1v) is 8.40. The number of carbonyl (C=O) groups is 1. The van der Waals surface area contributed by atoms with Gasteiger partial charge in [0, 0.05) is 43.3 Å². The lowest BCUT2D eigenvalue weighted by atomic mass is 10.1. The maximum Gasteiger partial charge on any atom is 0.254 e. The van der Waals surface area contributed by atoms with Gasteiger partial charge in [-0.3, -0.25) is 4.79 Å². The first kappa shape index (κ1) is 15.4. The molecule has 110 valence electrons. The third-order valence-electron chi connectivity index (χ3n) is 3.93. The maximum absolute atomic E-state index is 12.8. The highest BCUT2D eigenvalue weighted by Gasteiger charge is 2.25. The monoisotopic (exact) mass is 338 g/mol. The molecule has 0 radical (unpaired) electrons. The van der Waals surface area contributed by atoms with Crippen LogP contribution in [0.15, 0.2) is 24.3 Å². The highest BCUT2D eigenvalue weighted by atomic mass is 79.9. The smallest absolute Gasteiger partial charge is 0.254 e. The largest absolute Gasteiger partial charge is 0.378 e. The summed E-state index contributed by atoms with van der Waals surface area (Å²) in [5, 5.41) is 0.867. The van der Waals surface area contributed by atoms with Crippen molar-refractivity contribution in [2.75, 3.05) is 30.9 Å². The van der Waals surface area contributed by atoms with Crippen molar-refractivity contribution < 1.29 is 4.79 Å². The van der Waals surface area contributed by atoms with Crippen molar-refractivity contribution in [2.45, 2.75) is 31.7 Å². The van der Waals surface area contributed by atoms with Gasteiger partial charge in [-0.1, -0.05) is 34.8 Å². The number of hydrogen-bond donors (Lipinski definition) is 0. The maximum atomic E-state index is 12.8. The molecule has 1 atom stereocenters. The molecule has 0 bridgehead atoms. The molecule has 4 heteroatoms. The van der Waals surface area contributed by atoms with Gasteiger partial charge < -0.3 is 9.80 Å². The summed E-state index contributed by atoms with van der Waals surface area (Å²) in [4.78, 5) is 16.9. The van der Waals surface area contributed by atoms with Crippen LogP contribution in [0.4, 0.5) is 5.69 Å². The summed E-state index contributed by atoms with van der Waals surface area (Å²) >= 11 is 3.56. The van der Waals surface area contributed by atoms with Gasteiger partial charge in [0.05, 0.1) is 0 Å². The fourth-order valence-electron chi connectivity index (χ4n) is 2.69. The number of carbonyl (C=O) groups excluding carboxylic acids is 1. The van der Waals surface area contributed by atoms with Crippen LogP contribution >= 0.6 is 15.9 Å². The van der Waals surface area contributed by atoms with Crippen molar-refractivity contribution in [1.29, 1.82) is 0 Å². The highest BCUT2D eigenvalue weighted by molar-refractivity contribution is 9.09. The number of likely N-dealkylation sites (tertiary alicyclic amines) is 1. The molecule has 1 aromatic rings. The summed E-state index contributed by atoms with van der Waals surface area (Å²) in [5.74, 6) is 0.167. The molecule has 0 spiro atoms. The topological polar surface area (TPSA) is 23.6 Å². The molecule has 1 heterocycles. The average molecular weight is 339 g/mol. The van der Waals surface area contributed by atoms with Crippen LogP contribution in [0.3, 0.4) is 0 Å². The van der Waals surface area contributed by atoms with Crippen LogP contribution in [0, 0.1) is 0 Å². The zero-order valence-electron chi connectivity index (χ0n) is 12.3. The molecule has 0 aromatic heterocycles. The van der Waals surface area contributed by atoms with Gasteiger partial charge in [0.25, 0.3) is 5.91 Å². The van der Waals surface area contributed by atoms with Gasteiger partial charge in [-0.15, -0.1) is 0 Å². The Hall–Kier alpha value is -1.03. The van der Waals surface area contributed by atoms with E-state index in [1.165, 1.54) is 12.8 Å². The van der Waals surface area contributed by atoms with E-state index in [1.54, 1.807) is 0 Å². The summed E-state index contributed by atoms with van der Waals surface area (Å²) in [7, 11) is 3.99. The summed E-state index contributed by atoms with van der Waals surface area (Å²) < 4.78 is 0. The Bertz CT molecular complexity index is 462. The molecule has 1 aliphatic heterocycles. The second kappa shape index (κ2) is 7.11. The van der Waals surface area contributed by atoms with E-state index in [9.17, 15) is 4.79 Å².